The number of nitriles is 1. The fourth-order valence-electron chi connectivity index (χ4n) is 0.674. The van der Waals surface area contributed by atoms with Crippen molar-refractivity contribution in [2.45, 2.75) is 26.7 Å². The van der Waals surface area contributed by atoms with Gasteiger partial charge in [0.05, 0.1) is 13.2 Å². The summed E-state index contributed by atoms with van der Waals surface area (Å²) in [6.45, 7) is 4.54. The van der Waals surface area contributed by atoms with E-state index in [1.165, 1.54) is 0 Å². The van der Waals surface area contributed by atoms with E-state index in [4.69, 9.17) is 14.7 Å². The number of hydrogen-bond donors (Lipinski definition) is 0. The largest absolute Gasteiger partial charge is 0.500 e. The summed E-state index contributed by atoms with van der Waals surface area (Å²) in [5.41, 5.74) is -0.0945. The Morgan fingerprint density at radius 1 is 1.50 bits per heavy atom. The molecule has 4 heteroatoms. The number of nitrogens with zero attached hydrogens (tertiary/aromatic N) is 1. The van der Waals surface area contributed by atoms with Crippen LogP contribution in [-0.2, 0) is 14.3 Å². The molecule has 14 heavy (non-hydrogen) atoms. The van der Waals surface area contributed by atoms with Crippen molar-refractivity contribution in [3.8, 4) is 6.07 Å². The molecule has 0 unspecified atom stereocenters. The maximum absolute atomic E-state index is 11.2. The summed E-state index contributed by atoms with van der Waals surface area (Å²) < 4.78 is 9.65. The van der Waals surface area contributed by atoms with Gasteiger partial charge in [0, 0.05) is 0 Å². The van der Waals surface area contributed by atoms with Crippen molar-refractivity contribution >= 4 is 5.97 Å². The molecule has 0 heterocycles. The van der Waals surface area contributed by atoms with Crippen molar-refractivity contribution in [3.63, 3.8) is 0 Å². The lowest BCUT2D eigenvalue weighted by atomic mass is 10.3. The second-order valence-corrected chi connectivity index (χ2v) is 2.59. The molecule has 0 atom stereocenters. The molecule has 78 valence electrons. The zero-order valence-corrected chi connectivity index (χ0v) is 8.58. The molecule has 0 N–H and O–H groups in total. The molecule has 0 rings (SSSR count). The minimum absolute atomic E-state index is 0.0945. The predicted octanol–water partition coefficient (Wildman–Crippen LogP) is 1.77. The molecule has 0 saturated heterocycles. The number of carbonyl (C=O) groups is 1. The van der Waals surface area contributed by atoms with Crippen LogP contribution in [0.15, 0.2) is 11.8 Å². The topological polar surface area (TPSA) is 59.3 Å². The van der Waals surface area contributed by atoms with Gasteiger partial charge in [-0.25, -0.2) is 4.79 Å². The van der Waals surface area contributed by atoms with E-state index in [0.29, 0.717) is 13.2 Å². The van der Waals surface area contributed by atoms with E-state index < -0.39 is 5.97 Å². The van der Waals surface area contributed by atoms with Crippen LogP contribution in [0.3, 0.4) is 0 Å². The number of rotatable bonds is 6. The molecule has 0 aliphatic heterocycles. The Labute approximate surface area is 84.1 Å². The average molecular weight is 197 g/mol. The summed E-state index contributed by atoms with van der Waals surface area (Å²) in [7, 11) is 0. The van der Waals surface area contributed by atoms with Gasteiger partial charge in [0.15, 0.2) is 5.57 Å². The monoisotopic (exact) mass is 197 g/mol. The van der Waals surface area contributed by atoms with Crippen LogP contribution in [0.2, 0.25) is 0 Å². The van der Waals surface area contributed by atoms with E-state index >= 15 is 0 Å². The van der Waals surface area contributed by atoms with E-state index in [9.17, 15) is 4.79 Å². The number of unbranched alkanes of at least 4 members (excludes halogenated alkanes) is 1. The second-order valence-electron chi connectivity index (χ2n) is 2.59. The molecular formula is C10H15NO3. The van der Waals surface area contributed by atoms with Crippen LogP contribution in [-0.4, -0.2) is 19.2 Å². The van der Waals surface area contributed by atoms with Gasteiger partial charge >= 0.3 is 5.97 Å². The van der Waals surface area contributed by atoms with Crippen molar-refractivity contribution in [1.29, 1.82) is 5.26 Å². The Morgan fingerprint density at radius 3 is 2.71 bits per heavy atom. The summed E-state index contributed by atoms with van der Waals surface area (Å²) in [5, 5.41) is 8.58. The highest BCUT2D eigenvalue weighted by atomic mass is 16.5. The Morgan fingerprint density at radius 2 is 2.21 bits per heavy atom. The zero-order chi connectivity index (χ0) is 10.8. The third-order valence-corrected chi connectivity index (χ3v) is 1.44. The molecule has 0 bridgehead atoms. The van der Waals surface area contributed by atoms with Gasteiger partial charge in [0.25, 0.3) is 0 Å². The predicted molar refractivity (Wildman–Crippen MR) is 51.2 cm³/mol. The van der Waals surface area contributed by atoms with Crippen molar-refractivity contribution in [2.75, 3.05) is 13.2 Å². The lowest BCUT2D eigenvalue weighted by Gasteiger charge is -2.02. The molecule has 0 aliphatic carbocycles. The first-order valence-corrected chi connectivity index (χ1v) is 4.65. The standard InChI is InChI=1S/C10H15NO3/c1-3-5-6-14-10(12)9(7-11)8-13-4-2/h8H,3-6H2,1-2H3/b9-8+. The van der Waals surface area contributed by atoms with Crippen LogP contribution in [0.25, 0.3) is 0 Å². The molecule has 0 radical (unpaired) electrons. The van der Waals surface area contributed by atoms with Gasteiger partial charge in [-0.05, 0) is 13.3 Å². The van der Waals surface area contributed by atoms with Crippen LogP contribution in [0.1, 0.15) is 26.7 Å². The van der Waals surface area contributed by atoms with Gasteiger partial charge < -0.3 is 9.47 Å². The van der Waals surface area contributed by atoms with Gasteiger partial charge in [-0.3, -0.25) is 0 Å². The van der Waals surface area contributed by atoms with Crippen molar-refractivity contribution in [2.24, 2.45) is 0 Å². The molecule has 0 aromatic rings. The summed E-state index contributed by atoms with van der Waals surface area (Å²) >= 11 is 0. The van der Waals surface area contributed by atoms with Gasteiger partial charge in [-0.2, -0.15) is 5.26 Å². The maximum Gasteiger partial charge on any atom is 0.352 e. The first-order valence-electron chi connectivity index (χ1n) is 4.65. The molecule has 0 aromatic carbocycles. The maximum atomic E-state index is 11.2. The highest BCUT2D eigenvalue weighted by Gasteiger charge is 2.10. The van der Waals surface area contributed by atoms with E-state index in [-0.39, 0.29) is 5.57 Å². The summed E-state index contributed by atoms with van der Waals surface area (Å²) in [5.74, 6) is -0.616. The average Bonchev–Trinajstić information content (AvgIpc) is 2.19. The van der Waals surface area contributed by atoms with Crippen molar-refractivity contribution < 1.29 is 14.3 Å². The molecule has 0 spiro atoms. The molecule has 0 amide bonds. The fourth-order valence-corrected chi connectivity index (χ4v) is 0.674. The summed E-state index contributed by atoms with van der Waals surface area (Å²) in [4.78, 5) is 11.2. The summed E-state index contributed by atoms with van der Waals surface area (Å²) in [6.07, 6.45) is 2.89. The Balaban J connectivity index is 4.00. The Hall–Kier alpha value is -1.50. The lowest BCUT2D eigenvalue weighted by molar-refractivity contribution is -0.138. The minimum atomic E-state index is -0.616. The Kier molecular flexibility index (Phi) is 7.24. The molecule has 0 aliphatic rings. The first-order chi connectivity index (χ1) is 6.76. The highest BCUT2D eigenvalue weighted by Crippen LogP contribution is 1.99. The fraction of sp³-hybridized carbons (Fsp3) is 0.600. The molecule has 0 saturated carbocycles. The number of carbonyl (C=O) groups excluding carboxylic acids is 1. The zero-order valence-electron chi connectivity index (χ0n) is 8.58. The molecular weight excluding hydrogens is 182 g/mol. The van der Waals surface area contributed by atoms with Crippen molar-refractivity contribution in [1.82, 2.24) is 0 Å². The van der Waals surface area contributed by atoms with E-state index in [2.05, 4.69) is 0 Å². The van der Waals surface area contributed by atoms with Crippen LogP contribution < -0.4 is 0 Å². The number of hydrogen-bond acceptors (Lipinski definition) is 4. The normalized spacial score (nSPS) is 10.5. The van der Waals surface area contributed by atoms with Crippen molar-refractivity contribution in [3.05, 3.63) is 11.8 Å². The van der Waals surface area contributed by atoms with Crippen LogP contribution >= 0.6 is 0 Å². The molecule has 4 nitrogen and oxygen atoms in total. The third-order valence-electron chi connectivity index (χ3n) is 1.44. The first kappa shape index (κ1) is 12.5. The number of esters is 1. The highest BCUT2D eigenvalue weighted by molar-refractivity contribution is 5.92. The third kappa shape index (κ3) is 5.20. The van der Waals surface area contributed by atoms with Crippen LogP contribution in [0, 0.1) is 11.3 Å². The smallest absolute Gasteiger partial charge is 0.352 e. The number of ether oxygens (including phenoxy) is 2. The van der Waals surface area contributed by atoms with Crippen LogP contribution in [0.5, 0.6) is 0 Å². The van der Waals surface area contributed by atoms with Gasteiger partial charge in [0.1, 0.15) is 12.3 Å². The van der Waals surface area contributed by atoms with E-state index in [0.717, 1.165) is 19.1 Å². The summed E-state index contributed by atoms with van der Waals surface area (Å²) in [6, 6.07) is 1.73. The minimum Gasteiger partial charge on any atom is -0.500 e. The lowest BCUT2D eigenvalue weighted by Crippen LogP contribution is -2.08. The van der Waals surface area contributed by atoms with Gasteiger partial charge in [0.2, 0.25) is 0 Å². The quantitative estimate of drug-likeness (QED) is 0.214. The Bertz CT molecular complexity index is 240. The molecule has 0 fully saturated rings. The van der Waals surface area contributed by atoms with Crippen LogP contribution in [0.4, 0.5) is 0 Å². The SMILES string of the molecule is CCCCOC(=O)/C(C#N)=C/OCC. The van der Waals surface area contributed by atoms with E-state index in [1.54, 1.807) is 13.0 Å². The molecule has 0 aromatic heterocycles. The van der Waals surface area contributed by atoms with Gasteiger partial charge in [-0.15, -0.1) is 0 Å². The van der Waals surface area contributed by atoms with Gasteiger partial charge in [-0.1, -0.05) is 13.3 Å². The van der Waals surface area contributed by atoms with E-state index in [1.807, 2.05) is 6.92 Å². The second kappa shape index (κ2) is 8.11.